The molecule has 0 amide bonds. The van der Waals surface area contributed by atoms with Gasteiger partial charge < -0.3 is 5.73 Å². The lowest BCUT2D eigenvalue weighted by Gasteiger charge is -2.14. The maximum Gasteiger partial charge on any atom is 0.147 e. The second-order valence-electron chi connectivity index (χ2n) is 4.23. The van der Waals surface area contributed by atoms with Crippen LogP contribution in [0, 0.1) is 5.82 Å². The summed E-state index contributed by atoms with van der Waals surface area (Å²) in [5.74, 6) is -0.454. The zero-order valence-electron chi connectivity index (χ0n) is 10.1. The van der Waals surface area contributed by atoms with Gasteiger partial charge in [0.25, 0.3) is 0 Å². The first-order valence-electron chi connectivity index (χ1n) is 5.88. The van der Waals surface area contributed by atoms with Gasteiger partial charge in [0.2, 0.25) is 0 Å². The van der Waals surface area contributed by atoms with E-state index in [2.05, 4.69) is 20.9 Å². The van der Waals surface area contributed by atoms with E-state index in [9.17, 15) is 4.39 Å². The van der Waals surface area contributed by atoms with Gasteiger partial charge in [-0.15, -0.1) is 0 Å². The minimum absolute atomic E-state index is 0.0748. The molecule has 0 spiro atoms. The summed E-state index contributed by atoms with van der Waals surface area (Å²) in [7, 11) is 0. The van der Waals surface area contributed by atoms with Crippen molar-refractivity contribution in [3.8, 4) is 0 Å². The maximum absolute atomic E-state index is 14.0. The third-order valence-electron chi connectivity index (χ3n) is 2.90. The van der Waals surface area contributed by atoms with Crippen LogP contribution in [0.5, 0.6) is 0 Å². The number of benzene rings is 1. The Labute approximate surface area is 124 Å². The molecule has 100 valence electrons. The predicted octanol–water partition coefficient (Wildman–Crippen LogP) is 4.27. The SMILES string of the molecule is NC(CCc1ccccn1)c1ccc(Br)c(Cl)c1F. The Kier molecular flexibility index (Phi) is 4.91. The van der Waals surface area contributed by atoms with Crippen molar-refractivity contribution < 1.29 is 4.39 Å². The second kappa shape index (κ2) is 6.46. The quantitative estimate of drug-likeness (QED) is 0.842. The minimum atomic E-state index is -0.454. The number of aromatic nitrogens is 1. The van der Waals surface area contributed by atoms with Crippen LogP contribution in [0.3, 0.4) is 0 Å². The summed E-state index contributed by atoms with van der Waals surface area (Å²) in [4.78, 5) is 4.22. The summed E-state index contributed by atoms with van der Waals surface area (Å²) < 4.78 is 14.5. The van der Waals surface area contributed by atoms with Crippen molar-refractivity contribution in [1.29, 1.82) is 0 Å². The molecular formula is C14H13BrClFN2. The summed E-state index contributed by atoms with van der Waals surface area (Å²) >= 11 is 9.04. The molecule has 0 aliphatic rings. The number of nitrogens with two attached hydrogens (primary N) is 1. The number of rotatable bonds is 4. The van der Waals surface area contributed by atoms with Crippen molar-refractivity contribution in [2.24, 2.45) is 5.73 Å². The Balaban J connectivity index is 2.08. The molecule has 19 heavy (non-hydrogen) atoms. The highest BCUT2D eigenvalue weighted by atomic mass is 79.9. The van der Waals surface area contributed by atoms with Gasteiger partial charge in [-0.2, -0.15) is 0 Å². The van der Waals surface area contributed by atoms with Gasteiger partial charge in [-0.1, -0.05) is 23.7 Å². The highest BCUT2D eigenvalue weighted by molar-refractivity contribution is 9.10. The molecule has 0 saturated heterocycles. The minimum Gasteiger partial charge on any atom is -0.324 e. The van der Waals surface area contributed by atoms with Crippen molar-refractivity contribution in [2.75, 3.05) is 0 Å². The van der Waals surface area contributed by atoms with E-state index >= 15 is 0 Å². The monoisotopic (exact) mass is 342 g/mol. The fraction of sp³-hybridized carbons (Fsp3) is 0.214. The zero-order chi connectivity index (χ0) is 13.8. The fourth-order valence-electron chi connectivity index (χ4n) is 1.83. The third-order valence-corrected chi connectivity index (χ3v) is 4.16. The van der Waals surface area contributed by atoms with E-state index in [1.807, 2.05) is 18.2 Å². The van der Waals surface area contributed by atoms with Crippen molar-refractivity contribution in [2.45, 2.75) is 18.9 Å². The first-order chi connectivity index (χ1) is 9.09. The van der Waals surface area contributed by atoms with Gasteiger partial charge in [0.05, 0.1) is 5.02 Å². The molecule has 0 fully saturated rings. The summed E-state index contributed by atoms with van der Waals surface area (Å²) in [5.41, 5.74) is 7.40. The zero-order valence-corrected chi connectivity index (χ0v) is 12.5. The lowest BCUT2D eigenvalue weighted by Crippen LogP contribution is -2.13. The Morgan fingerprint density at radius 1 is 1.32 bits per heavy atom. The molecule has 2 nitrogen and oxygen atoms in total. The average Bonchev–Trinajstić information content (AvgIpc) is 2.43. The molecular weight excluding hydrogens is 331 g/mol. The van der Waals surface area contributed by atoms with Crippen LogP contribution in [0.15, 0.2) is 41.0 Å². The molecule has 0 bridgehead atoms. The van der Waals surface area contributed by atoms with Crippen LogP contribution in [-0.4, -0.2) is 4.98 Å². The van der Waals surface area contributed by atoms with E-state index in [1.54, 1.807) is 18.3 Å². The van der Waals surface area contributed by atoms with Crippen molar-refractivity contribution in [3.05, 3.63) is 63.1 Å². The van der Waals surface area contributed by atoms with E-state index in [0.29, 0.717) is 22.9 Å². The van der Waals surface area contributed by atoms with E-state index in [0.717, 1.165) is 5.69 Å². The summed E-state index contributed by atoms with van der Waals surface area (Å²) in [6.07, 6.45) is 3.05. The van der Waals surface area contributed by atoms with Gasteiger partial charge in [0, 0.05) is 28.0 Å². The van der Waals surface area contributed by atoms with Crippen LogP contribution in [0.4, 0.5) is 4.39 Å². The summed E-state index contributed by atoms with van der Waals surface area (Å²) in [6.45, 7) is 0. The van der Waals surface area contributed by atoms with Crippen molar-refractivity contribution in [1.82, 2.24) is 4.98 Å². The molecule has 0 aliphatic carbocycles. The molecule has 1 aromatic carbocycles. The fourth-order valence-corrected chi connectivity index (χ4v) is 2.31. The topological polar surface area (TPSA) is 38.9 Å². The second-order valence-corrected chi connectivity index (χ2v) is 5.46. The highest BCUT2D eigenvalue weighted by Gasteiger charge is 2.16. The first kappa shape index (κ1) is 14.4. The van der Waals surface area contributed by atoms with E-state index < -0.39 is 11.9 Å². The molecule has 5 heteroatoms. The molecule has 1 heterocycles. The van der Waals surface area contributed by atoms with Crippen LogP contribution in [0.1, 0.15) is 23.7 Å². The van der Waals surface area contributed by atoms with Gasteiger partial charge in [-0.25, -0.2) is 4.39 Å². The Morgan fingerprint density at radius 2 is 2.11 bits per heavy atom. The van der Waals surface area contributed by atoms with Crippen LogP contribution in [-0.2, 0) is 6.42 Å². The lowest BCUT2D eigenvalue weighted by molar-refractivity contribution is 0.561. The third kappa shape index (κ3) is 3.53. The molecule has 0 aliphatic heterocycles. The Bertz CT molecular complexity index is 563. The smallest absolute Gasteiger partial charge is 0.147 e. The average molecular weight is 344 g/mol. The van der Waals surface area contributed by atoms with Crippen LogP contribution >= 0.6 is 27.5 Å². The van der Waals surface area contributed by atoms with Crippen LogP contribution in [0.2, 0.25) is 5.02 Å². The van der Waals surface area contributed by atoms with Crippen molar-refractivity contribution in [3.63, 3.8) is 0 Å². The van der Waals surface area contributed by atoms with Crippen molar-refractivity contribution >= 4 is 27.5 Å². The lowest BCUT2D eigenvalue weighted by atomic mass is 10.0. The van der Waals surface area contributed by atoms with Gasteiger partial charge >= 0.3 is 0 Å². The van der Waals surface area contributed by atoms with E-state index in [-0.39, 0.29) is 5.02 Å². The molecule has 1 atom stereocenters. The van der Waals surface area contributed by atoms with E-state index in [4.69, 9.17) is 17.3 Å². The molecule has 0 saturated carbocycles. The Morgan fingerprint density at radius 3 is 2.79 bits per heavy atom. The number of nitrogens with zero attached hydrogens (tertiary/aromatic N) is 1. The molecule has 2 N–H and O–H groups in total. The summed E-state index contributed by atoms with van der Waals surface area (Å²) in [6, 6.07) is 8.68. The maximum atomic E-state index is 14.0. The molecule has 1 unspecified atom stereocenters. The number of aryl methyl sites for hydroxylation is 1. The van der Waals surface area contributed by atoms with Gasteiger partial charge in [-0.05, 0) is 47.0 Å². The van der Waals surface area contributed by atoms with Gasteiger partial charge in [0.1, 0.15) is 5.82 Å². The summed E-state index contributed by atoms with van der Waals surface area (Å²) in [5, 5.41) is 0.0748. The number of hydrogen-bond acceptors (Lipinski definition) is 2. The first-order valence-corrected chi connectivity index (χ1v) is 7.05. The number of pyridine rings is 1. The molecule has 1 aromatic heterocycles. The molecule has 2 rings (SSSR count). The largest absolute Gasteiger partial charge is 0.324 e. The normalized spacial score (nSPS) is 12.4. The van der Waals surface area contributed by atoms with Crippen LogP contribution in [0.25, 0.3) is 0 Å². The van der Waals surface area contributed by atoms with Gasteiger partial charge in [0.15, 0.2) is 0 Å². The molecule has 2 aromatic rings. The van der Waals surface area contributed by atoms with Crippen LogP contribution < -0.4 is 5.73 Å². The number of hydrogen-bond donors (Lipinski definition) is 1. The predicted molar refractivity (Wildman–Crippen MR) is 78.6 cm³/mol. The number of halogens is 3. The molecule has 0 radical (unpaired) electrons. The standard InChI is InChI=1S/C14H13BrClFN2/c15-11-6-5-10(14(17)13(11)16)12(18)7-4-9-3-1-2-8-19-9/h1-3,5-6,8,12H,4,7,18H2. The van der Waals surface area contributed by atoms with E-state index in [1.165, 1.54) is 0 Å². The van der Waals surface area contributed by atoms with Gasteiger partial charge in [-0.3, -0.25) is 4.98 Å². The highest BCUT2D eigenvalue weighted by Crippen LogP contribution is 2.30. The Hall–Kier alpha value is -0.970.